The molecule has 0 bridgehead atoms. The Bertz CT molecular complexity index is 574. The molecule has 0 aliphatic heterocycles. The summed E-state index contributed by atoms with van der Waals surface area (Å²) >= 11 is 0. The first-order chi connectivity index (χ1) is 10.4. The van der Waals surface area contributed by atoms with Gasteiger partial charge in [-0.2, -0.15) is 0 Å². The molecule has 0 aliphatic carbocycles. The van der Waals surface area contributed by atoms with Crippen molar-refractivity contribution in [2.24, 2.45) is 0 Å². The SMILES string of the molecule is CCO[Si](C)(/C=C/CS(=O)(=O)c1ccc(OC)cc1)OCC. The lowest BCUT2D eigenvalue weighted by molar-refractivity contribution is 0.201. The van der Waals surface area contributed by atoms with E-state index in [1.807, 2.05) is 20.4 Å². The van der Waals surface area contributed by atoms with Gasteiger partial charge in [0.15, 0.2) is 9.84 Å². The highest BCUT2D eigenvalue weighted by Gasteiger charge is 2.27. The van der Waals surface area contributed by atoms with Crippen molar-refractivity contribution in [3.8, 4) is 5.75 Å². The van der Waals surface area contributed by atoms with E-state index in [4.69, 9.17) is 13.6 Å². The first kappa shape index (κ1) is 18.9. The van der Waals surface area contributed by atoms with Crippen LogP contribution in [0.15, 0.2) is 40.9 Å². The van der Waals surface area contributed by atoms with Crippen LogP contribution in [0.1, 0.15) is 13.8 Å². The van der Waals surface area contributed by atoms with Crippen LogP contribution in [-0.2, 0) is 18.7 Å². The third kappa shape index (κ3) is 5.56. The lowest BCUT2D eigenvalue weighted by atomic mass is 10.3. The highest BCUT2D eigenvalue weighted by molar-refractivity contribution is 7.91. The van der Waals surface area contributed by atoms with Gasteiger partial charge in [0.05, 0.1) is 17.8 Å². The minimum Gasteiger partial charge on any atom is -0.497 e. The molecule has 0 spiro atoms. The lowest BCUT2D eigenvalue weighted by Gasteiger charge is -2.22. The van der Waals surface area contributed by atoms with Crippen LogP contribution >= 0.6 is 0 Å². The summed E-state index contributed by atoms with van der Waals surface area (Å²) in [5.74, 6) is 0.546. The maximum atomic E-state index is 12.3. The predicted octanol–water partition coefficient (Wildman–Crippen LogP) is 2.71. The molecule has 0 radical (unpaired) electrons. The van der Waals surface area contributed by atoms with Crippen molar-refractivity contribution in [2.45, 2.75) is 25.3 Å². The van der Waals surface area contributed by atoms with Crippen molar-refractivity contribution in [2.75, 3.05) is 26.1 Å². The van der Waals surface area contributed by atoms with Gasteiger partial charge in [0.25, 0.3) is 0 Å². The maximum absolute atomic E-state index is 12.3. The van der Waals surface area contributed by atoms with Gasteiger partial charge in [-0.1, -0.05) is 6.08 Å². The van der Waals surface area contributed by atoms with E-state index in [-0.39, 0.29) is 10.6 Å². The first-order valence-electron chi connectivity index (χ1n) is 7.19. The Morgan fingerprint density at radius 1 is 1.09 bits per heavy atom. The summed E-state index contributed by atoms with van der Waals surface area (Å²) in [5.41, 5.74) is 1.78. The molecule has 0 fully saturated rings. The monoisotopic (exact) mass is 344 g/mol. The van der Waals surface area contributed by atoms with Crippen LogP contribution in [0.3, 0.4) is 0 Å². The van der Waals surface area contributed by atoms with Gasteiger partial charge in [0, 0.05) is 13.2 Å². The summed E-state index contributed by atoms with van der Waals surface area (Å²) in [6.45, 7) is 6.77. The summed E-state index contributed by atoms with van der Waals surface area (Å²) < 4.78 is 40.9. The third-order valence-corrected chi connectivity index (χ3v) is 7.20. The van der Waals surface area contributed by atoms with Gasteiger partial charge in [0.2, 0.25) is 0 Å². The van der Waals surface area contributed by atoms with Crippen LogP contribution in [0.5, 0.6) is 5.75 Å². The molecule has 0 saturated carbocycles. The quantitative estimate of drug-likeness (QED) is 0.645. The van der Waals surface area contributed by atoms with E-state index in [0.29, 0.717) is 19.0 Å². The van der Waals surface area contributed by atoms with Gasteiger partial charge in [0.1, 0.15) is 5.75 Å². The smallest absolute Gasteiger partial charge is 0.361 e. The normalized spacial score (nSPS) is 12.7. The summed E-state index contributed by atoms with van der Waals surface area (Å²) in [6.07, 6.45) is 1.62. The van der Waals surface area contributed by atoms with Crippen molar-refractivity contribution >= 4 is 18.4 Å². The number of sulfone groups is 1. The highest BCUT2D eigenvalue weighted by Crippen LogP contribution is 2.17. The molecule has 0 heterocycles. The molecule has 1 aromatic carbocycles. The van der Waals surface area contributed by atoms with Gasteiger partial charge in [-0.25, -0.2) is 8.42 Å². The van der Waals surface area contributed by atoms with Crippen LogP contribution in [0, 0.1) is 0 Å². The molecule has 1 aromatic rings. The zero-order valence-electron chi connectivity index (χ0n) is 13.5. The molecule has 0 atom stereocenters. The molecule has 0 N–H and O–H groups in total. The van der Waals surface area contributed by atoms with Gasteiger partial charge in [-0.15, -0.1) is 0 Å². The third-order valence-electron chi connectivity index (χ3n) is 3.02. The molecule has 22 heavy (non-hydrogen) atoms. The molecule has 7 heteroatoms. The van der Waals surface area contributed by atoms with Gasteiger partial charge in [-0.3, -0.25) is 0 Å². The van der Waals surface area contributed by atoms with Crippen LogP contribution < -0.4 is 4.74 Å². The molecule has 0 aromatic heterocycles. The Morgan fingerprint density at radius 3 is 2.09 bits per heavy atom. The van der Waals surface area contributed by atoms with E-state index in [0.717, 1.165) is 0 Å². The fourth-order valence-corrected chi connectivity index (χ4v) is 5.21. The van der Waals surface area contributed by atoms with Crippen molar-refractivity contribution in [3.63, 3.8) is 0 Å². The molecule has 124 valence electrons. The Labute approximate surface area is 134 Å². The molecule has 1 rings (SSSR count). The largest absolute Gasteiger partial charge is 0.497 e. The number of hydrogen-bond acceptors (Lipinski definition) is 5. The summed E-state index contributed by atoms with van der Waals surface area (Å²) in [7, 11) is -4.26. The van der Waals surface area contributed by atoms with Crippen LogP contribution in [0.2, 0.25) is 6.55 Å². The minimum atomic E-state index is -3.37. The summed E-state index contributed by atoms with van der Waals surface area (Å²) in [4.78, 5) is 0.272. The topological polar surface area (TPSA) is 61.8 Å². The van der Waals surface area contributed by atoms with E-state index in [9.17, 15) is 8.42 Å². The van der Waals surface area contributed by atoms with Crippen LogP contribution in [-0.4, -0.2) is 43.1 Å². The van der Waals surface area contributed by atoms with Crippen LogP contribution in [0.4, 0.5) is 0 Å². The average Bonchev–Trinajstić information content (AvgIpc) is 2.47. The second-order valence-corrected chi connectivity index (χ2v) is 9.72. The van der Waals surface area contributed by atoms with Gasteiger partial charge < -0.3 is 13.6 Å². The fraction of sp³-hybridized carbons (Fsp3) is 0.467. The van der Waals surface area contributed by atoms with Gasteiger partial charge in [-0.05, 0) is 50.4 Å². The van der Waals surface area contributed by atoms with Crippen molar-refractivity contribution in [1.82, 2.24) is 0 Å². The number of hydrogen-bond donors (Lipinski definition) is 0. The summed E-state index contributed by atoms with van der Waals surface area (Å²) in [6, 6.07) is 6.36. The second kappa shape index (κ2) is 8.47. The Kier molecular flexibility index (Phi) is 7.28. The molecular weight excluding hydrogens is 320 g/mol. The Morgan fingerprint density at radius 2 is 1.64 bits per heavy atom. The minimum absolute atomic E-state index is 0.0813. The molecule has 0 saturated heterocycles. The van der Waals surface area contributed by atoms with E-state index in [1.54, 1.807) is 43.2 Å². The highest BCUT2D eigenvalue weighted by atomic mass is 32.2. The average molecular weight is 345 g/mol. The van der Waals surface area contributed by atoms with Gasteiger partial charge >= 0.3 is 8.56 Å². The molecule has 5 nitrogen and oxygen atoms in total. The predicted molar refractivity (Wildman–Crippen MR) is 89.1 cm³/mol. The lowest BCUT2D eigenvalue weighted by Crippen LogP contribution is -2.37. The maximum Gasteiger partial charge on any atom is 0.361 e. The number of methoxy groups -OCH3 is 1. The first-order valence-corrected chi connectivity index (χ1v) is 11.2. The molecule has 0 amide bonds. The zero-order valence-corrected chi connectivity index (χ0v) is 15.4. The van der Waals surface area contributed by atoms with E-state index in [2.05, 4.69) is 0 Å². The van der Waals surface area contributed by atoms with Crippen molar-refractivity contribution in [1.29, 1.82) is 0 Å². The van der Waals surface area contributed by atoms with Crippen molar-refractivity contribution < 1.29 is 22.0 Å². The fourth-order valence-electron chi connectivity index (χ4n) is 1.98. The van der Waals surface area contributed by atoms with E-state index >= 15 is 0 Å². The van der Waals surface area contributed by atoms with E-state index in [1.165, 1.54) is 0 Å². The Balaban J connectivity index is 2.80. The summed E-state index contributed by atoms with van der Waals surface area (Å²) in [5, 5.41) is 0. The number of rotatable bonds is 9. The van der Waals surface area contributed by atoms with Crippen LogP contribution in [0.25, 0.3) is 0 Å². The van der Waals surface area contributed by atoms with E-state index < -0.39 is 18.4 Å². The number of ether oxygens (including phenoxy) is 1. The Hall–Kier alpha value is -1.15. The standard InChI is InChI=1S/C15H24O5SSi/c1-5-19-22(4,20-6-2)13-7-12-21(16,17)15-10-8-14(18-3)9-11-15/h7-11,13H,5-6,12H2,1-4H3/b13-7+. The number of benzene rings is 1. The molecule has 0 aliphatic rings. The molecule has 0 unspecified atom stereocenters. The molecular formula is C15H24O5SSi. The van der Waals surface area contributed by atoms with Crippen molar-refractivity contribution in [3.05, 3.63) is 36.0 Å². The zero-order chi connectivity index (χ0) is 16.6. The second-order valence-electron chi connectivity index (χ2n) is 4.74.